The molecule has 2 aliphatic heterocycles. The standard InChI is InChI=1S/C19H27N3O2.ClH/c1-14-3-5-16(6-4-14)11-18(23)21-7-9-22(10-8-21)19(24)15(2)17-12-20-13-17;/h3-6,15,17,20H,7-13H2,1-2H3;1H. The zero-order chi connectivity index (χ0) is 17.1. The Morgan fingerprint density at radius 2 is 1.64 bits per heavy atom. The normalized spacial score (nSPS) is 19.0. The first kappa shape index (κ1) is 19.7. The van der Waals surface area contributed by atoms with E-state index in [0.29, 0.717) is 38.5 Å². The van der Waals surface area contributed by atoms with E-state index in [-0.39, 0.29) is 30.1 Å². The van der Waals surface area contributed by atoms with Gasteiger partial charge in [-0.25, -0.2) is 0 Å². The molecule has 1 N–H and O–H groups in total. The molecule has 0 bridgehead atoms. The smallest absolute Gasteiger partial charge is 0.227 e. The second kappa shape index (κ2) is 8.68. The molecule has 2 amide bonds. The maximum absolute atomic E-state index is 12.5. The number of aryl methyl sites for hydroxylation is 1. The summed E-state index contributed by atoms with van der Waals surface area (Å²) in [6.07, 6.45) is 0.443. The average molecular weight is 366 g/mol. The average Bonchev–Trinajstić information content (AvgIpc) is 2.55. The first-order valence-corrected chi connectivity index (χ1v) is 8.87. The number of benzene rings is 1. The van der Waals surface area contributed by atoms with E-state index in [1.807, 2.05) is 47.9 Å². The Morgan fingerprint density at radius 3 is 2.16 bits per heavy atom. The van der Waals surface area contributed by atoms with E-state index in [2.05, 4.69) is 5.32 Å². The van der Waals surface area contributed by atoms with E-state index >= 15 is 0 Å². The topological polar surface area (TPSA) is 52.7 Å². The first-order chi connectivity index (χ1) is 11.5. The molecule has 1 aromatic carbocycles. The van der Waals surface area contributed by atoms with Crippen molar-refractivity contribution in [2.24, 2.45) is 11.8 Å². The van der Waals surface area contributed by atoms with Crippen molar-refractivity contribution in [1.29, 1.82) is 0 Å². The highest BCUT2D eigenvalue weighted by molar-refractivity contribution is 5.85. The van der Waals surface area contributed by atoms with Crippen molar-refractivity contribution >= 4 is 24.2 Å². The van der Waals surface area contributed by atoms with Crippen molar-refractivity contribution in [3.63, 3.8) is 0 Å². The van der Waals surface area contributed by atoms with E-state index in [0.717, 1.165) is 18.7 Å². The Bertz CT molecular complexity index is 593. The molecule has 25 heavy (non-hydrogen) atoms. The Balaban J connectivity index is 0.00000225. The number of hydrogen-bond acceptors (Lipinski definition) is 3. The van der Waals surface area contributed by atoms with Crippen LogP contribution in [0.5, 0.6) is 0 Å². The summed E-state index contributed by atoms with van der Waals surface area (Å²) in [6, 6.07) is 8.11. The van der Waals surface area contributed by atoms with Gasteiger partial charge in [0.2, 0.25) is 11.8 Å². The lowest BCUT2D eigenvalue weighted by Crippen LogP contribution is -2.55. The van der Waals surface area contributed by atoms with E-state index in [1.54, 1.807) is 0 Å². The number of nitrogens with one attached hydrogen (secondary N) is 1. The Morgan fingerprint density at radius 1 is 1.08 bits per heavy atom. The van der Waals surface area contributed by atoms with Crippen molar-refractivity contribution in [1.82, 2.24) is 15.1 Å². The summed E-state index contributed by atoms with van der Waals surface area (Å²) in [5, 5.41) is 3.22. The molecular formula is C19H28ClN3O2. The van der Waals surface area contributed by atoms with Crippen molar-refractivity contribution in [3.05, 3.63) is 35.4 Å². The van der Waals surface area contributed by atoms with Gasteiger partial charge in [-0.15, -0.1) is 12.4 Å². The van der Waals surface area contributed by atoms with Crippen LogP contribution in [0.15, 0.2) is 24.3 Å². The number of rotatable bonds is 4. The summed E-state index contributed by atoms with van der Waals surface area (Å²) in [6.45, 7) is 8.57. The van der Waals surface area contributed by atoms with Gasteiger partial charge in [0.1, 0.15) is 0 Å². The van der Waals surface area contributed by atoms with Crippen LogP contribution in [0.4, 0.5) is 0 Å². The van der Waals surface area contributed by atoms with E-state index < -0.39 is 0 Å². The minimum atomic E-state index is 0. The van der Waals surface area contributed by atoms with Crippen LogP contribution in [0.2, 0.25) is 0 Å². The SMILES string of the molecule is Cc1ccc(CC(=O)N2CCN(C(=O)C(C)C3CNC3)CC2)cc1.Cl. The van der Waals surface area contributed by atoms with Crippen molar-refractivity contribution in [2.75, 3.05) is 39.3 Å². The van der Waals surface area contributed by atoms with Gasteiger partial charge < -0.3 is 15.1 Å². The molecule has 3 rings (SSSR count). The lowest BCUT2D eigenvalue weighted by Gasteiger charge is -2.39. The molecule has 2 saturated heterocycles. The lowest BCUT2D eigenvalue weighted by molar-refractivity contribution is -0.143. The second-order valence-corrected chi connectivity index (χ2v) is 7.08. The molecule has 0 saturated carbocycles. The fraction of sp³-hybridized carbons (Fsp3) is 0.579. The highest BCUT2D eigenvalue weighted by Crippen LogP contribution is 2.19. The van der Waals surface area contributed by atoms with Crippen molar-refractivity contribution < 1.29 is 9.59 Å². The molecule has 2 fully saturated rings. The summed E-state index contributed by atoms with van der Waals surface area (Å²) in [7, 11) is 0. The van der Waals surface area contributed by atoms with Crippen LogP contribution in [0.1, 0.15) is 18.1 Å². The molecule has 138 valence electrons. The van der Waals surface area contributed by atoms with Gasteiger partial charge in [0.15, 0.2) is 0 Å². The van der Waals surface area contributed by atoms with Gasteiger partial charge in [-0.3, -0.25) is 9.59 Å². The third kappa shape index (κ3) is 4.73. The molecule has 0 spiro atoms. The first-order valence-electron chi connectivity index (χ1n) is 8.87. The third-order valence-corrected chi connectivity index (χ3v) is 5.33. The Kier molecular flexibility index (Phi) is 6.85. The largest absolute Gasteiger partial charge is 0.339 e. The number of hydrogen-bond donors (Lipinski definition) is 1. The minimum Gasteiger partial charge on any atom is -0.339 e. The van der Waals surface area contributed by atoms with Gasteiger partial charge >= 0.3 is 0 Å². The molecule has 0 radical (unpaired) electrons. The Hall–Kier alpha value is -1.59. The quantitative estimate of drug-likeness (QED) is 0.879. The lowest BCUT2D eigenvalue weighted by atomic mass is 9.88. The molecule has 0 aliphatic carbocycles. The molecule has 1 unspecified atom stereocenters. The monoisotopic (exact) mass is 365 g/mol. The summed E-state index contributed by atoms with van der Waals surface area (Å²) in [4.78, 5) is 28.8. The van der Waals surface area contributed by atoms with Gasteiger partial charge in [-0.2, -0.15) is 0 Å². The molecule has 2 aliphatic rings. The maximum atomic E-state index is 12.5. The van der Waals surface area contributed by atoms with Gasteiger partial charge in [0.05, 0.1) is 6.42 Å². The number of carbonyl (C=O) groups is 2. The van der Waals surface area contributed by atoms with Crippen LogP contribution in [-0.4, -0.2) is 60.9 Å². The van der Waals surface area contributed by atoms with Crippen LogP contribution >= 0.6 is 12.4 Å². The highest BCUT2D eigenvalue weighted by Gasteiger charge is 2.33. The highest BCUT2D eigenvalue weighted by atomic mass is 35.5. The number of halogens is 1. The minimum absolute atomic E-state index is 0. The number of amides is 2. The van der Waals surface area contributed by atoms with E-state index in [1.165, 1.54) is 5.56 Å². The van der Waals surface area contributed by atoms with Crippen LogP contribution < -0.4 is 5.32 Å². The van der Waals surface area contributed by atoms with Gasteiger partial charge in [-0.1, -0.05) is 36.8 Å². The molecule has 1 atom stereocenters. The van der Waals surface area contributed by atoms with Crippen LogP contribution in [0, 0.1) is 18.8 Å². The van der Waals surface area contributed by atoms with Gasteiger partial charge in [-0.05, 0) is 31.5 Å². The van der Waals surface area contributed by atoms with E-state index in [4.69, 9.17) is 0 Å². The third-order valence-electron chi connectivity index (χ3n) is 5.33. The summed E-state index contributed by atoms with van der Waals surface area (Å²) in [5.41, 5.74) is 2.25. The predicted octanol–water partition coefficient (Wildman–Crippen LogP) is 1.49. The van der Waals surface area contributed by atoms with Gasteiger partial charge in [0.25, 0.3) is 0 Å². The Labute approximate surface area is 156 Å². The fourth-order valence-electron chi connectivity index (χ4n) is 3.32. The van der Waals surface area contributed by atoms with Crippen LogP contribution in [0.25, 0.3) is 0 Å². The van der Waals surface area contributed by atoms with Crippen molar-refractivity contribution in [3.8, 4) is 0 Å². The summed E-state index contributed by atoms with van der Waals surface area (Å²) >= 11 is 0. The summed E-state index contributed by atoms with van der Waals surface area (Å²) < 4.78 is 0. The van der Waals surface area contributed by atoms with Crippen LogP contribution in [0.3, 0.4) is 0 Å². The predicted molar refractivity (Wildman–Crippen MR) is 101 cm³/mol. The number of carbonyl (C=O) groups excluding carboxylic acids is 2. The molecule has 2 heterocycles. The molecule has 6 heteroatoms. The molecule has 0 aromatic heterocycles. The van der Waals surface area contributed by atoms with Crippen LogP contribution in [-0.2, 0) is 16.0 Å². The number of piperazine rings is 1. The molecule has 1 aromatic rings. The maximum Gasteiger partial charge on any atom is 0.227 e. The zero-order valence-corrected chi connectivity index (χ0v) is 15.8. The van der Waals surface area contributed by atoms with Crippen molar-refractivity contribution in [2.45, 2.75) is 20.3 Å². The second-order valence-electron chi connectivity index (χ2n) is 7.08. The molecular weight excluding hydrogens is 338 g/mol. The zero-order valence-electron chi connectivity index (χ0n) is 15.0. The van der Waals surface area contributed by atoms with E-state index in [9.17, 15) is 9.59 Å². The summed E-state index contributed by atoms with van der Waals surface area (Å²) in [5.74, 6) is 0.953. The van der Waals surface area contributed by atoms with Gasteiger partial charge in [0, 0.05) is 32.1 Å². The fourth-order valence-corrected chi connectivity index (χ4v) is 3.32. The number of nitrogens with zero attached hydrogens (tertiary/aromatic N) is 2. The molecule has 5 nitrogen and oxygen atoms in total.